The lowest BCUT2D eigenvalue weighted by Crippen LogP contribution is -2.51. The van der Waals surface area contributed by atoms with Gasteiger partial charge in [0.2, 0.25) is 5.91 Å². The van der Waals surface area contributed by atoms with Gasteiger partial charge < -0.3 is 15.2 Å². The number of carbonyl (C=O) groups is 1. The van der Waals surface area contributed by atoms with E-state index < -0.39 is 5.41 Å². The minimum absolute atomic E-state index is 0.242. The van der Waals surface area contributed by atoms with E-state index in [2.05, 4.69) is 33.1 Å². The first-order valence-corrected chi connectivity index (χ1v) is 11.4. The molecule has 170 valence electrons. The molecule has 1 aromatic heterocycles. The van der Waals surface area contributed by atoms with Gasteiger partial charge in [-0.05, 0) is 54.6 Å². The summed E-state index contributed by atoms with van der Waals surface area (Å²) in [5.74, 6) is 1.33. The number of carbonyl (C=O) groups excluding carboxylic acids is 1. The SMILES string of the molecule is NC(=O)[C@]1(Cc2ccccc2-c2cncnc2)CCCN(Cc2ccc3c(c2)OCCO3)C1. The van der Waals surface area contributed by atoms with Crippen LogP contribution in [0.5, 0.6) is 11.5 Å². The lowest BCUT2D eigenvalue weighted by molar-refractivity contribution is -0.131. The Labute approximate surface area is 193 Å². The average molecular weight is 445 g/mol. The van der Waals surface area contributed by atoms with E-state index in [1.165, 1.54) is 6.33 Å². The Bertz CT molecular complexity index is 1140. The maximum absolute atomic E-state index is 12.9. The van der Waals surface area contributed by atoms with Gasteiger partial charge in [0.15, 0.2) is 11.5 Å². The van der Waals surface area contributed by atoms with Crippen LogP contribution in [-0.4, -0.2) is 47.1 Å². The van der Waals surface area contributed by atoms with Gasteiger partial charge in [-0.1, -0.05) is 30.3 Å². The number of aromatic nitrogens is 2. The van der Waals surface area contributed by atoms with Crippen LogP contribution in [0, 0.1) is 5.41 Å². The Kier molecular flexibility index (Phi) is 5.96. The van der Waals surface area contributed by atoms with Gasteiger partial charge >= 0.3 is 0 Å². The van der Waals surface area contributed by atoms with Crippen LogP contribution in [0.2, 0.25) is 0 Å². The predicted molar refractivity (Wildman–Crippen MR) is 125 cm³/mol. The van der Waals surface area contributed by atoms with Crippen molar-refractivity contribution in [1.29, 1.82) is 0 Å². The molecule has 3 heterocycles. The number of piperidine rings is 1. The van der Waals surface area contributed by atoms with Crippen LogP contribution in [0.1, 0.15) is 24.0 Å². The number of benzene rings is 2. The van der Waals surface area contributed by atoms with Crippen molar-refractivity contribution in [2.24, 2.45) is 11.1 Å². The van der Waals surface area contributed by atoms with Gasteiger partial charge in [-0.3, -0.25) is 9.69 Å². The molecule has 2 N–H and O–H groups in total. The third-order valence-electron chi connectivity index (χ3n) is 6.61. The Morgan fingerprint density at radius 2 is 1.85 bits per heavy atom. The number of likely N-dealkylation sites (tertiary alicyclic amines) is 1. The first kappa shape index (κ1) is 21.4. The molecule has 0 unspecified atom stereocenters. The molecule has 5 rings (SSSR count). The molecule has 3 aromatic rings. The Hall–Kier alpha value is -3.45. The van der Waals surface area contributed by atoms with Gasteiger partial charge in [-0.2, -0.15) is 0 Å². The summed E-state index contributed by atoms with van der Waals surface area (Å²) in [5.41, 5.74) is 9.65. The van der Waals surface area contributed by atoms with Gasteiger partial charge in [-0.15, -0.1) is 0 Å². The fourth-order valence-electron chi connectivity index (χ4n) is 5.00. The molecule has 0 radical (unpaired) electrons. The van der Waals surface area contributed by atoms with Gasteiger partial charge in [-0.25, -0.2) is 9.97 Å². The van der Waals surface area contributed by atoms with Crippen LogP contribution < -0.4 is 15.2 Å². The summed E-state index contributed by atoms with van der Waals surface area (Å²) in [5, 5.41) is 0. The quantitative estimate of drug-likeness (QED) is 0.628. The lowest BCUT2D eigenvalue weighted by atomic mass is 9.73. The molecule has 33 heavy (non-hydrogen) atoms. The molecule has 0 aliphatic carbocycles. The number of primary amides is 1. The number of amides is 1. The van der Waals surface area contributed by atoms with Crippen LogP contribution in [0.15, 0.2) is 61.2 Å². The van der Waals surface area contributed by atoms with E-state index in [1.54, 1.807) is 12.4 Å². The molecule has 7 heteroatoms. The molecule has 1 saturated heterocycles. The predicted octanol–water partition coefficient (Wildman–Crippen LogP) is 3.23. The molecule has 1 fully saturated rings. The number of fused-ring (bicyclic) bond motifs is 1. The van der Waals surface area contributed by atoms with Crippen LogP contribution in [0.3, 0.4) is 0 Å². The third-order valence-corrected chi connectivity index (χ3v) is 6.61. The molecule has 2 aliphatic heterocycles. The van der Waals surface area contributed by atoms with E-state index in [0.717, 1.165) is 59.7 Å². The van der Waals surface area contributed by atoms with E-state index >= 15 is 0 Å². The zero-order valence-corrected chi connectivity index (χ0v) is 18.6. The highest BCUT2D eigenvalue weighted by molar-refractivity contribution is 5.82. The summed E-state index contributed by atoms with van der Waals surface area (Å²) in [7, 11) is 0. The molecule has 2 aliphatic rings. The molecule has 1 atom stereocenters. The van der Waals surface area contributed by atoms with E-state index in [0.29, 0.717) is 26.2 Å². The molecule has 7 nitrogen and oxygen atoms in total. The second-order valence-electron chi connectivity index (χ2n) is 8.90. The standard InChI is InChI=1S/C26H28N4O3/c27-25(31)26(13-20-4-1-2-5-22(20)21-14-28-18-29-15-21)8-3-9-30(17-26)16-19-6-7-23-24(12-19)33-11-10-32-23/h1-2,4-7,12,14-15,18H,3,8-11,13,16-17H2,(H2,27,31)/t26-/m0/s1. The fourth-order valence-corrected chi connectivity index (χ4v) is 5.00. The molecule has 0 bridgehead atoms. The second-order valence-corrected chi connectivity index (χ2v) is 8.90. The van der Waals surface area contributed by atoms with Gasteiger partial charge in [0.25, 0.3) is 0 Å². The molecular formula is C26H28N4O3. The minimum Gasteiger partial charge on any atom is -0.486 e. The monoisotopic (exact) mass is 444 g/mol. The first-order chi connectivity index (χ1) is 16.1. The minimum atomic E-state index is -0.627. The maximum Gasteiger partial charge on any atom is 0.225 e. The molecule has 2 aromatic carbocycles. The summed E-state index contributed by atoms with van der Waals surface area (Å²) < 4.78 is 11.4. The summed E-state index contributed by atoms with van der Waals surface area (Å²) in [6.45, 7) is 3.43. The summed E-state index contributed by atoms with van der Waals surface area (Å²) in [6.07, 6.45) is 7.41. The number of rotatable bonds is 6. The molecular weight excluding hydrogens is 416 g/mol. The van der Waals surface area contributed by atoms with Crippen LogP contribution in [-0.2, 0) is 17.8 Å². The number of nitrogens with two attached hydrogens (primary N) is 1. The zero-order valence-electron chi connectivity index (χ0n) is 18.6. The topological polar surface area (TPSA) is 90.6 Å². The largest absolute Gasteiger partial charge is 0.486 e. The van der Waals surface area contributed by atoms with Crippen molar-refractivity contribution >= 4 is 5.91 Å². The Morgan fingerprint density at radius 3 is 2.67 bits per heavy atom. The Morgan fingerprint density at radius 1 is 1.06 bits per heavy atom. The van der Waals surface area contributed by atoms with Crippen LogP contribution >= 0.6 is 0 Å². The molecule has 0 spiro atoms. The van der Waals surface area contributed by atoms with Crippen LogP contribution in [0.25, 0.3) is 11.1 Å². The van der Waals surface area contributed by atoms with Crippen molar-refractivity contribution in [1.82, 2.24) is 14.9 Å². The highest BCUT2D eigenvalue weighted by Crippen LogP contribution is 2.38. The van der Waals surface area contributed by atoms with Crippen molar-refractivity contribution < 1.29 is 14.3 Å². The summed E-state index contributed by atoms with van der Waals surface area (Å²) >= 11 is 0. The highest BCUT2D eigenvalue weighted by Gasteiger charge is 2.41. The van der Waals surface area contributed by atoms with Gasteiger partial charge in [0, 0.05) is 31.0 Å². The Balaban J connectivity index is 1.38. The third kappa shape index (κ3) is 4.54. The van der Waals surface area contributed by atoms with Gasteiger partial charge in [0.05, 0.1) is 5.41 Å². The number of hydrogen-bond acceptors (Lipinski definition) is 6. The van der Waals surface area contributed by atoms with E-state index in [4.69, 9.17) is 15.2 Å². The van der Waals surface area contributed by atoms with E-state index in [1.807, 2.05) is 24.3 Å². The normalized spacial score (nSPS) is 20.4. The smallest absolute Gasteiger partial charge is 0.225 e. The zero-order chi connectivity index (χ0) is 22.7. The van der Waals surface area contributed by atoms with Crippen LogP contribution in [0.4, 0.5) is 0 Å². The fraction of sp³-hybridized carbons (Fsp3) is 0.346. The first-order valence-electron chi connectivity index (χ1n) is 11.4. The van der Waals surface area contributed by atoms with Crippen molar-refractivity contribution in [2.45, 2.75) is 25.8 Å². The van der Waals surface area contributed by atoms with E-state index in [-0.39, 0.29) is 5.91 Å². The van der Waals surface area contributed by atoms with Crippen molar-refractivity contribution in [3.8, 4) is 22.6 Å². The number of nitrogens with zero attached hydrogens (tertiary/aromatic N) is 3. The number of hydrogen-bond donors (Lipinski definition) is 1. The van der Waals surface area contributed by atoms with E-state index in [9.17, 15) is 4.79 Å². The van der Waals surface area contributed by atoms with Crippen molar-refractivity contribution in [2.75, 3.05) is 26.3 Å². The van der Waals surface area contributed by atoms with Crippen molar-refractivity contribution in [3.05, 3.63) is 72.3 Å². The highest BCUT2D eigenvalue weighted by atomic mass is 16.6. The van der Waals surface area contributed by atoms with Gasteiger partial charge in [0.1, 0.15) is 19.5 Å². The second kappa shape index (κ2) is 9.19. The lowest BCUT2D eigenvalue weighted by Gasteiger charge is -2.41. The maximum atomic E-state index is 12.9. The average Bonchev–Trinajstić information content (AvgIpc) is 2.85. The van der Waals surface area contributed by atoms with Crippen molar-refractivity contribution in [3.63, 3.8) is 0 Å². The molecule has 1 amide bonds. The molecule has 0 saturated carbocycles. The summed E-state index contributed by atoms with van der Waals surface area (Å²) in [6, 6.07) is 14.2. The summed E-state index contributed by atoms with van der Waals surface area (Å²) in [4.78, 5) is 23.5. The number of ether oxygens (including phenoxy) is 2.